The van der Waals surface area contributed by atoms with Crippen molar-refractivity contribution >= 4 is 15.9 Å². The average Bonchev–Trinajstić information content (AvgIpc) is 2.37. The number of sulfonamides is 1. The molecule has 1 aromatic rings. The predicted octanol–water partition coefficient (Wildman–Crippen LogP) is 0.684. The molecule has 0 fully saturated rings. The Labute approximate surface area is 112 Å². The van der Waals surface area contributed by atoms with Gasteiger partial charge in [-0.25, -0.2) is 13.6 Å². The van der Waals surface area contributed by atoms with Crippen molar-refractivity contribution in [3.63, 3.8) is 0 Å². The molecule has 0 saturated heterocycles. The maximum atomic E-state index is 11.5. The standard InChI is InChI=1S/C12H16N2O4S/c1-2-12(15)14-10-5-6-18-11-4-3-8(7-9(10)11)19(13,16)17/h3-4,7,10H,2,5-6H2,1H3,(H,14,15)(H2,13,16,17). The summed E-state index contributed by atoms with van der Waals surface area (Å²) in [5, 5.41) is 7.96. The SMILES string of the molecule is CCC(=O)NC1CCOc2ccc(S(N)(=O)=O)cc21. The molecule has 104 valence electrons. The Morgan fingerprint density at radius 2 is 2.26 bits per heavy atom. The van der Waals surface area contributed by atoms with E-state index in [2.05, 4.69) is 5.32 Å². The summed E-state index contributed by atoms with van der Waals surface area (Å²) in [7, 11) is -3.76. The Kier molecular flexibility index (Phi) is 3.77. The molecule has 0 radical (unpaired) electrons. The normalized spacial score (nSPS) is 18.3. The number of nitrogens with two attached hydrogens (primary N) is 1. The summed E-state index contributed by atoms with van der Waals surface area (Å²) in [5.74, 6) is 0.499. The highest BCUT2D eigenvalue weighted by atomic mass is 32.2. The molecular weight excluding hydrogens is 268 g/mol. The molecule has 1 aliphatic rings. The fourth-order valence-electron chi connectivity index (χ4n) is 2.00. The highest BCUT2D eigenvalue weighted by Gasteiger charge is 2.24. The first-order valence-electron chi connectivity index (χ1n) is 6.00. The lowest BCUT2D eigenvalue weighted by molar-refractivity contribution is -0.121. The van der Waals surface area contributed by atoms with Gasteiger partial charge in [0.25, 0.3) is 0 Å². The van der Waals surface area contributed by atoms with Crippen LogP contribution in [-0.2, 0) is 14.8 Å². The number of primary sulfonamides is 1. The maximum absolute atomic E-state index is 11.5. The van der Waals surface area contributed by atoms with Gasteiger partial charge in [0.05, 0.1) is 17.5 Å². The second kappa shape index (κ2) is 5.18. The van der Waals surface area contributed by atoms with Gasteiger partial charge in [-0.2, -0.15) is 0 Å². The van der Waals surface area contributed by atoms with Crippen LogP contribution in [0.2, 0.25) is 0 Å². The van der Waals surface area contributed by atoms with Crippen molar-refractivity contribution in [1.82, 2.24) is 5.32 Å². The van der Waals surface area contributed by atoms with Crippen molar-refractivity contribution in [2.24, 2.45) is 5.14 Å². The third kappa shape index (κ3) is 3.05. The zero-order valence-electron chi connectivity index (χ0n) is 10.5. The van der Waals surface area contributed by atoms with E-state index < -0.39 is 10.0 Å². The zero-order chi connectivity index (χ0) is 14.0. The van der Waals surface area contributed by atoms with Gasteiger partial charge >= 0.3 is 0 Å². The molecule has 0 aliphatic carbocycles. The van der Waals surface area contributed by atoms with Crippen LogP contribution in [-0.4, -0.2) is 20.9 Å². The van der Waals surface area contributed by atoms with Gasteiger partial charge in [-0.3, -0.25) is 4.79 Å². The minimum atomic E-state index is -3.76. The molecule has 0 bridgehead atoms. The van der Waals surface area contributed by atoms with Gasteiger partial charge in [-0.05, 0) is 18.2 Å². The molecular formula is C12H16N2O4S. The van der Waals surface area contributed by atoms with Gasteiger partial charge in [0.1, 0.15) is 5.75 Å². The monoisotopic (exact) mass is 284 g/mol. The van der Waals surface area contributed by atoms with Gasteiger partial charge in [0, 0.05) is 18.4 Å². The first kappa shape index (κ1) is 13.8. The van der Waals surface area contributed by atoms with Gasteiger partial charge in [-0.15, -0.1) is 0 Å². The Morgan fingerprint density at radius 3 is 2.89 bits per heavy atom. The molecule has 1 unspecified atom stereocenters. The van der Waals surface area contributed by atoms with E-state index in [1.54, 1.807) is 13.0 Å². The minimum Gasteiger partial charge on any atom is -0.493 e. The van der Waals surface area contributed by atoms with Crippen LogP contribution < -0.4 is 15.2 Å². The molecule has 6 nitrogen and oxygen atoms in total. The van der Waals surface area contributed by atoms with Crippen molar-refractivity contribution in [3.05, 3.63) is 23.8 Å². The highest BCUT2D eigenvalue weighted by molar-refractivity contribution is 7.89. The molecule has 0 spiro atoms. The van der Waals surface area contributed by atoms with E-state index in [-0.39, 0.29) is 16.8 Å². The van der Waals surface area contributed by atoms with Crippen LogP contribution in [0.1, 0.15) is 31.4 Å². The van der Waals surface area contributed by atoms with E-state index in [0.29, 0.717) is 30.8 Å². The number of rotatable bonds is 3. The van der Waals surface area contributed by atoms with Crippen molar-refractivity contribution in [1.29, 1.82) is 0 Å². The Hall–Kier alpha value is -1.60. The number of hydrogen-bond donors (Lipinski definition) is 2. The van der Waals surface area contributed by atoms with Crippen LogP contribution in [0, 0.1) is 0 Å². The molecule has 1 atom stereocenters. The van der Waals surface area contributed by atoms with Crippen LogP contribution in [0.5, 0.6) is 5.75 Å². The lowest BCUT2D eigenvalue weighted by atomic mass is 10.0. The Bertz CT molecular complexity index is 598. The van der Waals surface area contributed by atoms with E-state index in [1.807, 2.05) is 0 Å². The van der Waals surface area contributed by atoms with E-state index >= 15 is 0 Å². The summed E-state index contributed by atoms with van der Waals surface area (Å²) in [4.78, 5) is 11.5. The summed E-state index contributed by atoms with van der Waals surface area (Å²) >= 11 is 0. The van der Waals surface area contributed by atoms with Gasteiger partial charge in [0.15, 0.2) is 0 Å². The van der Waals surface area contributed by atoms with Crippen molar-refractivity contribution in [3.8, 4) is 5.75 Å². The molecule has 0 saturated carbocycles. The van der Waals surface area contributed by atoms with E-state index in [9.17, 15) is 13.2 Å². The molecule has 1 amide bonds. The molecule has 1 heterocycles. The topological polar surface area (TPSA) is 98.5 Å². The molecule has 1 aliphatic heterocycles. The number of carbonyl (C=O) groups excluding carboxylic acids is 1. The molecule has 2 rings (SSSR count). The fraction of sp³-hybridized carbons (Fsp3) is 0.417. The largest absolute Gasteiger partial charge is 0.493 e. The Morgan fingerprint density at radius 1 is 1.53 bits per heavy atom. The number of ether oxygens (including phenoxy) is 1. The predicted molar refractivity (Wildman–Crippen MR) is 69.1 cm³/mol. The summed E-state index contributed by atoms with van der Waals surface area (Å²) in [6.07, 6.45) is 0.981. The van der Waals surface area contributed by atoms with Gasteiger partial charge in [-0.1, -0.05) is 6.92 Å². The quantitative estimate of drug-likeness (QED) is 0.852. The number of hydrogen-bond acceptors (Lipinski definition) is 4. The zero-order valence-corrected chi connectivity index (χ0v) is 11.4. The van der Waals surface area contributed by atoms with Crippen LogP contribution in [0.4, 0.5) is 0 Å². The second-order valence-electron chi connectivity index (χ2n) is 4.36. The number of amides is 1. The summed E-state index contributed by atoms with van der Waals surface area (Å²) in [5.41, 5.74) is 0.652. The van der Waals surface area contributed by atoms with E-state index in [0.717, 1.165) is 0 Å². The lowest BCUT2D eigenvalue weighted by Crippen LogP contribution is -2.31. The summed E-state index contributed by atoms with van der Waals surface area (Å²) < 4.78 is 28.2. The van der Waals surface area contributed by atoms with Crippen LogP contribution in [0.25, 0.3) is 0 Å². The molecule has 7 heteroatoms. The molecule has 0 aromatic heterocycles. The maximum Gasteiger partial charge on any atom is 0.238 e. The molecule has 1 aromatic carbocycles. The smallest absolute Gasteiger partial charge is 0.238 e. The fourth-order valence-corrected chi connectivity index (χ4v) is 2.54. The lowest BCUT2D eigenvalue weighted by Gasteiger charge is -2.27. The van der Waals surface area contributed by atoms with E-state index in [1.165, 1.54) is 12.1 Å². The van der Waals surface area contributed by atoms with Crippen molar-refractivity contribution in [2.75, 3.05) is 6.61 Å². The number of fused-ring (bicyclic) bond motifs is 1. The van der Waals surface area contributed by atoms with Crippen LogP contribution in [0.3, 0.4) is 0 Å². The van der Waals surface area contributed by atoms with Gasteiger partial charge < -0.3 is 10.1 Å². The van der Waals surface area contributed by atoms with E-state index in [4.69, 9.17) is 9.88 Å². The minimum absolute atomic E-state index is 0.0208. The molecule has 3 N–H and O–H groups in total. The third-order valence-corrected chi connectivity index (χ3v) is 3.92. The average molecular weight is 284 g/mol. The second-order valence-corrected chi connectivity index (χ2v) is 5.92. The highest BCUT2D eigenvalue weighted by Crippen LogP contribution is 2.33. The number of nitrogens with one attached hydrogen (secondary N) is 1. The van der Waals surface area contributed by atoms with Gasteiger partial charge in [0.2, 0.25) is 15.9 Å². The number of benzene rings is 1. The number of carbonyl (C=O) groups is 1. The molecule has 19 heavy (non-hydrogen) atoms. The Balaban J connectivity index is 2.38. The van der Waals surface area contributed by atoms with Crippen molar-refractivity contribution < 1.29 is 17.9 Å². The van der Waals surface area contributed by atoms with Crippen LogP contribution in [0.15, 0.2) is 23.1 Å². The first-order valence-corrected chi connectivity index (χ1v) is 7.55. The summed E-state index contributed by atoms with van der Waals surface area (Å²) in [6.45, 7) is 2.24. The third-order valence-electron chi connectivity index (χ3n) is 3.01. The van der Waals surface area contributed by atoms with Crippen molar-refractivity contribution in [2.45, 2.75) is 30.7 Å². The summed E-state index contributed by atoms with van der Waals surface area (Å²) in [6, 6.07) is 4.19. The van der Waals surface area contributed by atoms with Crippen LogP contribution >= 0.6 is 0 Å². The first-order chi connectivity index (χ1) is 8.91.